The predicted octanol–water partition coefficient (Wildman–Crippen LogP) is 6.93. The number of aliphatic hydroxyl groups is 1. The average Bonchev–Trinajstić information content (AvgIpc) is 3.25. The van der Waals surface area contributed by atoms with Crippen molar-refractivity contribution in [3.05, 3.63) is 48.0 Å². The molecule has 0 aromatic heterocycles. The van der Waals surface area contributed by atoms with Crippen molar-refractivity contribution in [1.29, 1.82) is 0 Å². The molecule has 0 amide bonds. The first-order valence-electron chi connectivity index (χ1n) is 15.0. The molecular formula is C32H46F2O6. The van der Waals surface area contributed by atoms with Gasteiger partial charge in [-0.3, -0.25) is 9.59 Å². The number of allylic oxidation sites excluding steroid dienone is 2. The van der Waals surface area contributed by atoms with E-state index in [0.717, 1.165) is 24.8 Å². The van der Waals surface area contributed by atoms with E-state index >= 15 is 0 Å². The topological polar surface area (TPSA) is 82.1 Å². The number of esters is 1. The smallest absolute Gasteiger partial charge is 0.306 e. The number of hydrogen-bond donors (Lipinski definition) is 1. The predicted molar refractivity (Wildman–Crippen MR) is 149 cm³/mol. The summed E-state index contributed by atoms with van der Waals surface area (Å²) in [5.74, 6) is -4.99. The molecule has 1 saturated heterocycles. The Morgan fingerprint density at radius 2 is 1.90 bits per heavy atom. The lowest BCUT2D eigenvalue weighted by atomic mass is 9.85. The molecule has 1 aliphatic carbocycles. The molecule has 1 aliphatic heterocycles. The summed E-state index contributed by atoms with van der Waals surface area (Å²) in [5, 5.41) is 10.9. The third-order valence-electron chi connectivity index (χ3n) is 7.99. The van der Waals surface area contributed by atoms with Gasteiger partial charge in [-0.2, -0.15) is 8.78 Å². The van der Waals surface area contributed by atoms with Gasteiger partial charge in [0.25, 0.3) is 0 Å². The van der Waals surface area contributed by atoms with Crippen molar-refractivity contribution in [2.75, 3.05) is 6.61 Å². The molecule has 8 heteroatoms. The normalized spacial score (nSPS) is 25.4. The summed E-state index contributed by atoms with van der Waals surface area (Å²) >= 11 is 0. The van der Waals surface area contributed by atoms with Gasteiger partial charge in [0.05, 0.1) is 12.2 Å². The van der Waals surface area contributed by atoms with Crippen LogP contribution in [0.1, 0.15) is 96.0 Å². The van der Waals surface area contributed by atoms with Crippen molar-refractivity contribution in [3.8, 4) is 0 Å². The number of benzene rings is 1. The second-order valence-corrected chi connectivity index (χ2v) is 11.1. The number of hydrogen-bond acceptors (Lipinski definition) is 6. The Kier molecular flexibility index (Phi) is 13.7. The number of unbranched alkanes of at least 4 members (excludes halogenated alkanes) is 2. The van der Waals surface area contributed by atoms with Crippen LogP contribution in [0.2, 0.25) is 0 Å². The minimum atomic E-state index is -3.31. The van der Waals surface area contributed by atoms with Gasteiger partial charge < -0.3 is 19.3 Å². The van der Waals surface area contributed by atoms with Crippen LogP contribution in [0, 0.1) is 11.8 Å². The zero-order valence-electron chi connectivity index (χ0n) is 23.8. The van der Waals surface area contributed by atoms with E-state index < -0.39 is 24.2 Å². The van der Waals surface area contributed by atoms with Gasteiger partial charge in [-0.25, -0.2) is 0 Å². The molecule has 1 aromatic rings. The number of aliphatic hydroxyl groups excluding tert-OH is 1. The van der Waals surface area contributed by atoms with E-state index in [4.69, 9.17) is 14.2 Å². The molecule has 3 rings (SSSR count). The van der Waals surface area contributed by atoms with Crippen LogP contribution >= 0.6 is 0 Å². The molecule has 224 valence electrons. The first-order chi connectivity index (χ1) is 19.3. The highest BCUT2D eigenvalue weighted by atomic mass is 19.3. The van der Waals surface area contributed by atoms with Crippen molar-refractivity contribution < 1.29 is 37.7 Å². The molecule has 0 radical (unpaired) electrons. The van der Waals surface area contributed by atoms with Crippen LogP contribution in [0.3, 0.4) is 0 Å². The standard InChI is InChI=1S/C32H46F2O6/c1-2-3-20-32(33,34)29(36)19-18-26-25(27(35)22-28(26)40-31-17-11-12-21-38-31)15-9-4-5-10-16-30(37)39-23-24-13-7-6-8-14-24/h4,6-9,13-14,25-28,31,35H,2-3,5,10-12,15-23H2,1H3/b9-4-/t25-,26-,27+,28-,31?/m1/s1. The minimum Gasteiger partial charge on any atom is -0.461 e. The van der Waals surface area contributed by atoms with Gasteiger partial charge in [-0.05, 0) is 68.8 Å². The zero-order chi connectivity index (χ0) is 28.8. The Morgan fingerprint density at radius 3 is 2.62 bits per heavy atom. The number of rotatable bonds is 17. The number of ether oxygens (including phenoxy) is 3. The summed E-state index contributed by atoms with van der Waals surface area (Å²) in [6.45, 7) is 2.71. The SMILES string of the molecule is CCCCC(F)(F)C(=O)CC[C@@H]1[C@@H](C/C=C\CCCC(=O)OCc2ccccc2)[C@@H](O)C[C@H]1OC1CCCCO1. The van der Waals surface area contributed by atoms with Crippen LogP contribution < -0.4 is 0 Å². The number of carbonyl (C=O) groups is 2. The quantitative estimate of drug-likeness (QED) is 0.126. The molecule has 5 atom stereocenters. The van der Waals surface area contributed by atoms with Gasteiger partial charge in [0.1, 0.15) is 6.61 Å². The summed E-state index contributed by atoms with van der Waals surface area (Å²) in [6.07, 6.45) is 8.49. The highest BCUT2D eigenvalue weighted by Crippen LogP contribution is 2.41. The van der Waals surface area contributed by atoms with E-state index in [2.05, 4.69) is 0 Å². The number of halogens is 2. The number of carbonyl (C=O) groups excluding carboxylic acids is 2. The van der Waals surface area contributed by atoms with Gasteiger partial charge in [-0.1, -0.05) is 55.8 Å². The highest BCUT2D eigenvalue weighted by Gasteiger charge is 2.45. The molecule has 1 heterocycles. The maximum atomic E-state index is 14.3. The van der Waals surface area contributed by atoms with Gasteiger partial charge in [-0.15, -0.1) is 0 Å². The van der Waals surface area contributed by atoms with Crippen molar-refractivity contribution >= 4 is 11.8 Å². The summed E-state index contributed by atoms with van der Waals surface area (Å²) < 4.78 is 45.9. The monoisotopic (exact) mass is 564 g/mol. The molecule has 1 saturated carbocycles. The fourth-order valence-corrected chi connectivity index (χ4v) is 5.61. The molecule has 40 heavy (non-hydrogen) atoms. The molecule has 0 spiro atoms. The Morgan fingerprint density at radius 1 is 1.10 bits per heavy atom. The molecule has 1 aromatic carbocycles. The Labute approximate surface area is 237 Å². The largest absolute Gasteiger partial charge is 0.461 e. The van der Waals surface area contributed by atoms with Crippen LogP contribution in [0.5, 0.6) is 0 Å². The number of alkyl halides is 2. The molecule has 2 aliphatic rings. The van der Waals surface area contributed by atoms with Gasteiger partial charge in [0, 0.05) is 32.3 Å². The van der Waals surface area contributed by atoms with E-state index in [-0.39, 0.29) is 49.6 Å². The van der Waals surface area contributed by atoms with E-state index in [9.17, 15) is 23.5 Å². The van der Waals surface area contributed by atoms with Crippen molar-refractivity contribution in [2.45, 2.75) is 121 Å². The highest BCUT2D eigenvalue weighted by molar-refractivity contribution is 5.85. The van der Waals surface area contributed by atoms with Crippen molar-refractivity contribution in [3.63, 3.8) is 0 Å². The Balaban J connectivity index is 1.49. The Hall–Kier alpha value is -2.16. The van der Waals surface area contributed by atoms with E-state index in [1.54, 1.807) is 0 Å². The van der Waals surface area contributed by atoms with Crippen LogP contribution in [0.25, 0.3) is 0 Å². The number of ketones is 1. The van der Waals surface area contributed by atoms with Crippen LogP contribution in [0.4, 0.5) is 8.78 Å². The maximum Gasteiger partial charge on any atom is 0.306 e. The summed E-state index contributed by atoms with van der Waals surface area (Å²) in [4.78, 5) is 24.4. The summed E-state index contributed by atoms with van der Waals surface area (Å²) in [6, 6.07) is 9.53. The van der Waals surface area contributed by atoms with Gasteiger partial charge in [0.15, 0.2) is 6.29 Å². The first kappa shape index (κ1) is 32.4. The lowest BCUT2D eigenvalue weighted by Crippen LogP contribution is -2.33. The maximum absolute atomic E-state index is 14.3. The lowest BCUT2D eigenvalue weighted by molar-refractivity contribution is -0.196. The van der Waals surface area contributed by atoms with Crippen molar-refractivity contribution in [2.24, 2.45) is 11.8 Å². The number of Topliss-reactive ketones (excluding diaryl/α,β-unsaturated/α-hetero) is 1. The minimum absolute atomic E-state index is 0.197. The summed E-state index contributed by atoms with van der Waals surface area (Å²) in [7, 11) is 0. The Bertz CT molecular complexity index is 915. The molecule has 0 bridgehead atoms. The second kappa shape index (κ2) is 16.9. The van der Waals surface area contributed by atoms with E-state index in [0.29, 0.717) is 51.6 Å². The van der Waals surface area contributed by atoms with Crippen LogP contribution in [-0.2, 0) is 30.4 Å². The molecule has 6 nitrogen and oxygen atoms in total. The second-order valence-electron chi connectivity index (χ2n) is 11.1. The summed E-state index contributed by atoms with van der Waals surface area (Å²) in [5.41, 5.74) is 0.948. The molecule has 1 N–H and O–H groups in total. The zero-order valence-corrected chi connectivity index (χ0v) is 23.8. The fraction of sp³-hybridized carbons (Fsp3) is 0.688. The van der Waals surface area contributed by atoms with Crippen molar-refractivity contribution in [1.82, 2.24) is 0 Å². The fourth-order valence-electron chi connectivity index (χ4n) is 5.61. The third-order valence-corrected chi connectivity index (χ3v) is 7.99. The first-order valence-corrected chi connectivity index (χ1v) is 15.0. The van der Waals surface area contributed by atoms with Gasteiger partial charge in [0.2, 0.25) is 5.78 Å². The van der Waals surface area contributed by atoms with E-state index in [1.165, 1.54) is 0 Å². The van der Waals surface area contributed by atoms with Gasteiger partial charge >= 0.3 is 11.9 Å². The van der Waals surface area contributed by atoms with Crippen LogP contribution in [0.15, 0.2) is 42.5 Å². The lowest BCUT2D eigenvalue weighted by Gasteiger charge is -2.30. The third kappa shape index (κ3) is 10.7. The van der Waals surface area contributed by atoms with Crippen LogP contribution in [-0.4, -0.2) is 47.9 Å². The average molecular weight is 565 g/mol. The van der Waals surface area contributed by atoms with E-state index in [1.807, 2.05) is 49.4 Å². The molecular weight excluding hydrogens is 518 g/mol. The molecule has 2 fully saturated rings. The molecule has 1 unspecified atom stereocenters.